The summed E-state index contributed by atoms with van der Waals surface area (Å²) in [5.41, 5.74) is 1.04. The molecule has 0 aliphatic heterocycles. The molecular formula is C25H29FO5. The standard InChI is InChI=1S/C25H29FO5/c1-15(25(27)28)23(17-9-10-17)18-5-3-6-19(13-18)30-14-16-11-20(12-16)31-24-21(26)7-4-8-22(24)29-2/h3-8,13,15-17,20,23H,9-12,14H2,1-2H3,(H,27,28). The summed E-state index contributed by atoms with van der Waals surface area (Å²) in [6.07, 6.45) is 3.70. The molecule has 2 aromatic carbocycles. The quantitative estimate of drug-likeness (QED) is 0.557. The maximum atomic E-state index is 14.0. The number of aliphatic carboxylic acids is 1. The van der Waals surface area contributed by atoms with E-state index in [1.165, 1.54) is 13.2 Å². The number of para-hydroxylation sites is 1. The molecule has 2 aliphatic rings. The monoisotopic (exact) mass is 428 g/mol. The van der Waals surface area contributed by atoms with Crippen molar-refractivity contribution in [3.8, 4) is 17.2 Å². The van der Waals surface area contributed by atoms with Gasteiger partial charge in [-0.05, 0) is 73.3 Å². The summed E-state index contributed by atoms with van der Waals surface area (Å²) in [5.74, 6) is 0.552. The van der Waals surface area contributed by atoms with Gasteiger partial charge in [0.2, 0.25) is 0 Å². The van der Waals surface area contributed by atoms with E-state index in [0.29, 0.717) is 24.2 Å². The Morgan fingerprint density at radius 1 is 1.19 bits per heavy atom. The van der Waals surface area contributed by atoms with Crippen LogP contribution in [-0.4, -0.2) is 30.9 Å². The van der Waals surface area contributed by atoms with Gasteiger partial charge in [0.1, 0.15) is 5.75 Å². The van der Waals surface area contributed by atoms with E-state index in [4.69, 9.17) is 14.2 Å². The molecule has 31 heavy (non-hydrogen) atoms. The van der Waals surface area contributed by atoms with E-state index in [9.17, 15) is 14.3 Å². The van der Waals surface area contributed by atoms with E-state index in [-0.39, 0.29) is 17.8 Å². The van der Waals surface area contributed by atoms with Gasteiger partial charge in [0, 0.05) is 0 Å². The summed E-state index contributed by atoms with van der Waals surface area (Å²) in [6.45, 7) is 2.35. The first-order chi connectivity index (χ1) is 15.0. The van der Waals surface area contributed by atoms with Crippen molar-refractivity contribution in [2.75, 3.05) is 13.7 Å². The molecule has 6 heteroatoms. The fourth-order valence-electron chi connectivity index (χ4n) is 4.44. The van der Waals surface area contributed by atoms with Crippen molar-refractivity contribution in [1.29, 1.82) is 0 Å². The Morgan fingerprint density at radius 3 is 2.61 bits per heavy atom. The average molecular weight is 429 g/mol. The highest BCUT2D eigenvalue weighted by molar-refractivity contribution is 5.71. The van der Waals surface area contributed by atoms with Crippen molar-refractivity contribution in [3.63, 3.8) is 0 Å². The van der Waals surface area contributed by atoms with E-state index in [2.05, 4.69) is 0 Å². The lowest BCUT2D eigenvalue weighted by molar-refractivity contribution is -0.142. The smallest absolute Gasteiger partial charge is 0.306 e. The Bertz CT molecular complexity index is 920. The highest BCUT2D eigenvalue weighted by Crippen LogP contribution is 2.47. The molecule has 0 radical (unpaired) electrons. The number of rotatable bonds is 10. The van der Waals surface area contributed by atoms with Gasteiger partial charge in [-0.25, -0.2) is 4.39 Å². The van der Waals surface area contributed by atoms with Crippen molar-refractivity contribution < 1.29 is 28.5 Å². The Kier molecular flexibility index (Phi) is 6.35. The van der Waals surface area contributed by atoms with Crippen LogP contribution in [0.1, 0.15) is 44.1 Å². The lowest BCUT2D eigenvalue weighted by Crippen LogP contribution is -2.37. The van der Waals surface area contributed by atoms with Gasteiger partial charge in [0.25, 0.3) is 0 Å². The summed E-state index contributed by atoms with van der Waals surface area (Å²) in [4.78, 5) is 11.5. The molecule has 166 valence electrons. The highest BCUT2D eigenvalue weighted by atomic mass is 19.1. The van der Waals surface area contributed by atoms with E-state index in [0.717, 1.165) is 37.0 Å². The number of hydrogen-bond donors (Lipinski definition) is 1. The van der Waals surface area contributed by atoms with Crippen LogP contribution in [0.3, 0.4) is 0 Å². The predicted octanol–water partition coefficient (Wildman–Crippen LogP) is 5.29. The molecule has 0 spiro atoms. The minimum atomic E-state index is -0.754. The van der Waals surface area contributed by atoms with Crippen molar-refractivity contribution >= 4 is 5.97 Å². The molecule has 0 bridgehead atoms. The van der Waals surface area contributed by atoms with Gasteiger partial charge in [0.05, 0.1) is 25.7 Å². The Morgan fingerprint density at radius 2 is 1.94 bits per heavy atom. The van der Waals surface area contributed by atoms with Gasteiger partial charge in [-0.1, -0.05) is 25.1 Å². The molecule has 4 rings (SSSR count). The van der Waals surface area contributed by atoms with E-state index < -0.39 is 17.7 Å². The zero-order valence-electron chi connectivity index (χ0n) is 17.9. The molecule has 2 aromatic rings. The predicted molar refractivity (Wildman–Crippen MR) is 114 cm³/mol. The second-order valence-electron chi connectivity index (χ2n) is 8.72. The van der Waals surface area contributed by atoms with E-state index in [1.54, 1.807) is 19.1 Å². The molecule has 0 saturated heterocycles. The fraction of sp³-hybridized carbons (Fsp3) is 0.480. The summed E-state index contributed by atoms with van der Waals surface area (Å²) < 4.78 is 31.0. The number of carboxylic acids is 1. The summed E-state index contributed by atoms with van der Waals surface area (Å²) in [7, 11) is 1.50. The van der Waals surface area contributed by atoms with Gasteiger partial charge < -0.3 is 19.3 Å². The Balaban J connectivity index is 1.30. The average Bonchev–Trinajstić information content (AvgIpc) is 3.56. The normalized spacial score (nSPS) is 22.2. The molecule has 2 fully saturated rings. The van der Waals surface area contributed by atoms with Gasteiger partial charge in [-0.3, -0.25) is 4.79 Å². The maximum Gasteiger partial charge on any atom is 0.306 e. The minimum absolute atomic E-state index is 0.0262. The molecule has 1 N–H and O–H groups in total. The van der Waals surface area contributed by atoms with Crippen molar-refractivity contribution in [2.24, 2.45) is 17.8 Å². The summed E-state index contributed by atoms with van der Waals surface area (Å²) >= 11 is 0. The van der Waals surface area contributed by atoms with Crippen LogP contribution >= 0.6 is 0 Å². The topological polar surface area (TPSA) is 65.0 Å². The number of carboxylic acid groups (broad SMARTS) is 1. The number of halogens is 1. The van der Waals surface area contributed by atoms with Crippen LogP contribution in [-0.2, 0) is 4.79 Å². The second-order valence-corrected chi connectivity index (χ2v) is 8.72. The molecule has 2 aliphatic carbocycles. The Labute approximate surface area is 182 Å². The Hall–Kier alpha value is -2.76. The minimum Gasteiger partial charge on any atom is -0.493 e. The van der Waals surface area contributed by atoms with E-state index >= 15 is 0 Å². The van der Waals surface area contributed by atoms with Crippen LogP contribution in [0, 0.1) is 23.6 Å². The molecule has 0 amide bonds. The van der Waals surface area contributed by atoms with Crippen LogP contribution in [0.15, 0.2) is 42.5 Å². The first kappa shape index (κ1) is 21.5. The lowest BCUT2D eigenvalue weighted by Gasteiger charge is -2.35. The molecule has 2 atom stereocenters. The molecule has 2 unspecified atom stereocenters. The van der Waals surface area contributed by atoms with E-state index in [1.807, 2.05) is 24.3 Å². The second kappa shape index (κ2) is 9.16. The molecule has 2 saturated carbocycles. The fourth-order valence-corrected chi connectivity index (χ4v) is 4.44. The first-order valence-corrected chi connectivity index (χ1v) is 10.9. The summed E-state index contributed by atoms with van der Waals surface area (Å²) in [6, 6.07) is 12.5. The zero-order chi connectivity index (χ0) is 22.0. The van der Waals surface area contributed by atoms with Gasteiger partial charge in [-0.15, -0.1) is 0 Å². The van der Waals surface area contributed by atoms with Gasteiger partial charge in [-0.2, -0.15) is 0 Å². The number of carbonyl (C=O) groups is 1. The summed E-state index contributed by atoms with van der Waals surface area (Å²) in [5, 5.41) is 9.48. The van der Waals surface area contributed by atoms with Gasteiger partial charge >= 0.3 is 5.97 Å². The molecule has 5 nitrogen and oxygen atoms in total. The maximum absolute atomic E-state index is 14.0. The van der Waals surface area contributed by atoms with Crippen molar-refractivity contribution in [3.05, 3.63) is 53.8 Å². The zero-order valence-corrected chi connectivity index (χ0v) is 17.9. The third-order valence-corrected chi connectivity index (χ3v) is 6.41. The molecular weight excluding hydrogens is 399 g/mol. The lowest BCUT2D eigenvalue weighted by atomic mass is 9.82. The number of benzene rings is 2. The SMILES string of the molecule is COc1cccc(F)c1OC1CC(COc2cccc(C(C3CC3)C(C)C(=O)O)c2)C1. The largest absolute Gasteiger partial charge is 0.493 e. The van der Waals surface area contributed by atoms with Crippen molar-refractivity contribution in [2.45, 2.75) is 44.6 Å². The van der Waals surface area contributed by atoms with Crippen LogP contribution in [0.2, 0.25) is 0 Å². The van der Waals surface area contributed by atoms with Crippen LogP contribution < -0.4 is 14.2 Å². The van der Waals surface area contributed by atoms with Crippen LogP contribution in [0.4, 0.5) is 4.39 Å². The van der Waals surface area contributed by atoms with Crippen LogP contribution in [0.25, 0.3) is 0 Å². The van der Waals surface area contributed by atoms with Crippen LogP contribution in [0.5, 0.6) is 17.2 Å². The molecule has 0 aromatic heterocycles. The first-order valence-electron chi connectivity index (χ1n) is 10.9. The van der Waals surface area contributed by atoms with Crippen molar-refractivity contribution in [1.82, 2.24) is 0 Å². The number of hydrogen-bond acceptors (Lipinski definition) is 4. The number of methoxy groups -OCH3 is 1. The molecule has 0 heterocycles. The third-order valence-electron chi connectivity index (χ3n) is 6.41. The number of ether oxygens (including phenoxy) is 3. The third kappa shape index (κ3) is 4.94. The highest BCUT2D eigenvalue weighted by Gasteiger charge is 2.39. The van der Waals surface area contributed by atoms with Gasteiger partial charge in [0.15, 0.2) is 17.3 Å².